The van der Waals surface area contributed by atoms with E-state index in [2.05, 4.69) is 11.0 Å². The second-order valence-electron chi connectivity index (χ2n) is 7.13. The zero-order valence-corrected chi connectivity index (χ0v) is 14.6. The van der Waals surface area contributed by atoms with Gasteiger partial charge in [-0.25, -0.2) is 0 Å². The highest BCUT2D eigenvalue weighted by Gasteiger charge is 2.42. The molecule has 24 heavy (non-hydrogen) atoms. The van der Waals surface area contributed by atoms with Gasteiger partial charge in [0.05, 0.1) is 5.60 Å². The molecule has 3 nitrogen and oxygen atoms in total. The molecular weight excluding hydrogens is 322 g/mol. The van der Waals surface area contributed by atoms with Crippen LogP contribution in [-0.4, -0.2) is 28.2 Å². The highest BCUT2D eigenvalue weighted by Crippen LogP contribution is 2.46. The van der Waals surface area contributed by atoms with Crippen molar-refractivity contribution < 1.29 is 10.2 Å². The zero-order chi connectivity index (χ0) is 16.9. The maximum atomic E-state index is 11.3. The van der Waals surface area contributed by atoms with Crippen LogP contribution >= 0.6 is 11.6 Å². The van der Waals surface area contributed by atoms with Crippen molar-refractivity contribution in [3.05, 3.63) is 63.7 Å². The van der Waals surface area contributed by atoms with Crippen LogP contribution in [0.1, 0.15) is 41.1 Å². The third-order valence-corrected chi connectivity index (χ3v) is 5.90. The third-order valence-electron chi connectivity index (χ3n) is 5.65. The topological polar surface area (TPSA) is 43.7 Å². The first-order valence-electron chi connectivity index (χ1n) is 8.51. The highest BCUT2D eigenvalue weighted by atomic mass is 35.5. The van der Waals surface area contributed by atoms with E-state index in [1.807, 2.05) is 37.3 Å². The fourth-order valence-corrected chi connectivity index (χ4v) is 4.32. The molecule has 4 heteroatoms. The van der Waals surface area contributed by atoms with Crippen molar-refractivity contribution in [3.8, 4) is 5.75 Å². The van der Waals surface area contributed by atoms with E-state index in [0.717, 1.165) is 42.6 Å². The number of benzene rings is 2. The van der Waals surface area contributed by atoms with Crippen LogP contribution in [-0.2, 0) is 12.0 Å². The van der Waals surface area contributed by atoms with Gasteiger partial charge in [-0.2, -0.15) is 0 Å². The Kier molecular flexibility index (Phi) is 3.83. The molecule has 126 valence electrons. The Bertz CT molecular complexity index is 774. The fraction of sp³-hybridized carbons (Fsp3) is 0.400. The van der Waals surface area contributed by atoms with Crippen LogP contribution in [0, 0.1) is 6.92 Å². The molecule has 2 heterocycles. The summed E-state index contributed by atoms with van der Waals surface area (Å²) in [6.07, 6.45) is 2.37. The summed E-state index contributed by atoms with van der Waals surface area (Å²) in [5.74, 6) is 0.344. The molecule has 0 aromatic heterocycles. The van der Waals surface area contributed by atoms with Crippen LogP contribution in [0.25, 0.3) is 0 Å². The molecule has 2 aliphatic heterocycles. The number of nitrogens with zero attached hydrogens (tertiary/aromatic N) is 1. The Morgan fingerprint density at radius 1 is 1.17 bits per heavy atom. The van der Waals surface area contributed by atoms with Crippen molar-refractivity contribution in [1.29, 1.82) is 0 Å². The number of rotatable bonds is 1. The average molecular weight is 344 g/mol. The van der Waals surface area contributed by atoms with Gasteiger partial charge < -0.3 is 10.2 Å². The summed E-state index contributed by atoms with van der Waals surface area (Å²) in [6.45, 7) is 3.81. The van der Waals surface area contributed by atoms with E-state index in [1.54, 1.807) is 0 Å². The second kappa shape index (κ2) is 5.76. The van der Waals surface area contributed by atoms with Gasteiger partial charge in [-0.05, 0) is 60.2 Å². The molecule has 0 unspecified atom stereocenters. The predicted octanol–water partition coefficient (Wildman–Crippen LogP) is 3.93. The molecule has 2 atom stereocenters. The molecule has 1 saturated heterocycles. The van der Waals surface area contributed by atoms with Gasteiger partial charge >= 0.3 is 0 Å². The molecule has 0 spiro atoms. The SMILES string of the molecule is Cc1cc2c(cc1O)[C@H]1C[C@@](O)(c3ccc(Cl)cc3)CCN1CC2. The number of hydrogen-bond acceptors (Lipinski definition) is 3. The number of aliphatic hydroxyl groups is 1. The number of hydrogen-bond donors (Lipinski definition) is 2. The lowest BCUT2D eigenvalue weighted by molar-refractivity contribution is -0.0557. The van der Waals surface area contributed by atoms with E-state index in [0.29, 0.717) is 17.2 Å². The monoisotopic (exact) mass is 343 g/mol. The molecule has 4 rings (SSSR count). The van der Waals surface area contributed by atoms with Crippen molar-refractivity contribution in [2.75, 3.05) is 13.1 Å². The van der Waals surface area contributed by atoms with E-state index in [9.17, 15) is 10.2 Å². The summed E-state index contributed by atoms with van der Waals surface area (Å²) >= 11 is 5.99. The molecule has 0 saturated carbocycles. The summed E-state index contributed by atoms with van der Waals surface area (Å²) in [5.41, 5.74) is 3.46. The van der Waals surface area contributed by atoms with Gasteiger partial charge in [0.25, 0.3) is 0 Å². The van der Waals surface area contributed by atoms with E-state index in [1.165, 1.54) is 5.56 Å². The molecule has 0 bridgehead atoms. The molecule has 0 aliphatic carbocycles. The standard InChI is InChI=1S/C20H22ClNO2/c1-13-10-14-6-8-22-9-7-20(24,15-2-4-16(21)5-3-15)12-18(22)17(14)11-19(13)23/h2-5,10-11,18,23-24H,6-9,12H2,1H3/t18-,20-/m1/s1. The van der Waals surface area contributed by atoms with Crippen molar-refractivity contribution >= 4 is 11.6 Å². The molecule has 0 amide bonds. The first-order chi connectivity index (χ1) is 11.5. The quantitative estimate of drug-likeness (QED) is 0.824. The minimum atomic E-state index is -0.846. The van der Waals surface area contributed by atoms with E-state index < -0.39 is 5.60 Å². The third kappa shape index (κ3) is 2.61. The first kappa shape index (κ1) is 15.9. The smallest absolute Gasteiger partial charge is 0.118 e. The number of halogens is 1. The van der Waals surface area contributed by atoms with Gasteiger partial charge in [-0.15, -0.1) is 0 Å². The van der Waals surface area contributed by atoms with E-state index in [4.69, 9.17) is 11.6 Å². The largest absolute Gasteiger partial charge is 0.508 e. The van der Waals surface area contributed by atoms with Gasteiger partial charge in [-0.1, -0.05) is 29.8 Å². The fourth-order valence-electron chi connectivity index (χ4n) is 4.20. The number of piperidine rings is 1. The normalized spacial score (nSPS) is 26.7. The van der Waals surface area contributed by atoms with Gasteiger partial charge in [0.1, 0.15) is 5.75 Å². The highest BCUT2D eigenvalue weighted by molar-refractivity contribution is 6.30. The lowest BCUT2D eigenvalue weighted by Gasteiger charge is -2.47. The minimum Gasteiger partial charge on any atom is -0.508 e. The summed E-state index contributed by atoms with van der Waals surface area (Å²) < 4.78 is 0. The minimum absolute atomic E-state index is 0.148. The van der Waals surface area contributed by atoms with Crippen LogP contribution in [0.3, 0.4) is 0 Å². The number of aromatic hydroxyl groups is 1. The molecule has 2 aromatic carbocycles. The lowest BCUT2D eigenvalue weighted by Crippen LogP contribution is -2.47. The van der Waals surface area contributed by atoms with Crippen molar-refractivity contribution in [2.24, 2.45) is 0 Å². The van der Waals surface area contributed by atoms with Gasteiger partial charge in [0.2, 0.25) is 0 Å². The number of fused-ring (bicyclic) bond motifs is 3. The summed E-state index contributed by atoms with van der Waals surface area (Å²) in [4.78, 5) is 2.43. The second-order valence-corrected chi connectivity index (χ2v) is 7.57. The number of phenols is 1. The Morgan fingerprint density at radius 2 is 1.92 bits per heavy atom. The van der Waals surface area contributed by atoms with Crippen molar-refractivity contribution in [3.63, 3.8) is 0 Å². The first-order valence-corrected chi connectivity index (χ1v) is 8.89. The molecule has 0 radical (unpaired) electrons. The van der Waals surface area contributed by atoms with Crippen LogP contribution in [0.5, 0.6) is 5.75 Å². The Balaban J connectivity index is 1.71. The van der Waals surface area contributed by atoms with E-state index >= 15 is 0 Å². The summed E-state index contributed by atoms with van der Waals surface area (Å²) in [5, 5.41) is 22.1. The number of aryl methyl sites for hydroxylation is 1. The predicted molar refractivity (Wildman–Crippen MR) is 95.4 cm³/mol. The van der Waals surface area contributed by atoms with E-state index in [-0.39, 0.29) is 6.04 Å². The molecular formula is C20H22ClNO2. The van der Waals surface area contributed by atoms with Crippen LogP contribution < -0.4 is 0 Å². The van der Waals surface area contributed by atoms with Crippen LogP contribution in [0.2, 0.25) is 5.02 Å². The van der Waals surface area contributed by atoms with Gasteiger partial charge in [0.15, 0.2) is 0 Å². The average Bonchev–Trinajstić information content (AvgIpc) is 2.57. The van der Waals surface area contributed by atoms with Crippen LogP contribution in [0.4, 0.5) is 0 Å². The molecule has 2 aromatic rings. The Morgan fingerprint density at radius 3 is 2.67 bits per heavy atom. The lowest BCUT2D eigenvalue weighted by atomic mass is 9.76. The molecule has 2 aliphatic rings. The summed E-state index contributed by atoms with van der Waals surface area (Å²) in [6, 6.07) is 11.7. The van der Waals surface area contributed by atoms with Crippen LogP contribution in [0.15, 0.2) is 36.4 Å². The Hall–Kier alpha value is -1.55. The number of phenolic OH excluding ortho intramolecular Hbond substituents is 1. The zero-order valence-electron chi connectivity index (χ0n) is 13.8. The molecule has 1 fully saturated rings. The Labute approximate surface area is 147 Å². The maximum absolute atomic E-state index is 11.3. The van der Waals surface area contributed by atoms with Crippen molar-refractivity contribution in [2.45, 2.75) is 37.8 Å². The van der Waals surface area contributed by atoms with Crippen molar-refractivity contribution in [1.82, 2.24) is 4.90 Å². The van der Waals surface area contributed by atoms with Gasteiger partial charge in [0, 0.05) is 30.6 Å². The summed E-state index contributed by atoms with van der Waals surface area (Å²) in [7, 11) is 0. The maximum Gasteiger partial charge on any atom is 0.118 e. The molecule has 2 N–H and O–H groups in total. The van der Waals surface area contributed by atoms with Gasteiger partial charge in [-0.3, -0.25) is 4.90 Å².